The van der Waals surface area contributed by atoms with Crippen LogP contribution in [0.15, 0.2) is 0 Å². The van der Waals surface area contributed by atoms with Gasteiger partial charge in [-0.15, -0.1) is 0 Å². The van der Waals surface area contributed by atoms with Gasteiger partial charge < -0.3 is 15.8 Å². The summed E-state index contributed by atoms with van der Waals surface area (Å²) in [6.45, 7) is 5.16. The molecule has 15 heavy (non-hydrogen) atoms. The van der Waals surface area contributed by atoms with Crippen LogP contribution >= 0.6 is 0 Å². The third-order valence-corrected chi connectivity index (χ3v) is 2.87. The van der Waals surface area contributed by atoms with Crippen LogP contribution < -0.4 is 11.1 Å². The van der Waals surface area contributed by atoms with E-state index in [0.29, 0.717) is 13.2 Å². The number of hydrogen-bond donors (Lipinski definition) is 2. The van der Waals surface area contributed by atoms with Crippen LogP contribution in [0, 0.1) is 5.92 Å². The minimum Gasteiger partial charge on any atom is -0.380 e. The summed E-state index contributed by atoms with van der Waals surface area (Å²) < 4.78 is 5.24. The van der Waals surface area contributed by atoms with Crippen molar-refractivity contribution in [3.05, 3.63) is 0 Å². The third kappa shape index (κ3) is 3.80. The van der Waals surface area contributed by atoms with Crippen LogP contribution in [0.25, 0.3) is 0 Å². The molecule has 1 amide bonds. The first-order valence-electron chi connectivity index (χ1n) is 5.78. The molecule has 0 radical (unpaired) electrons. The van der Waals surface area contributed by atoms with E-state index in [1.165, 1.54) is 0 Å². The van der Waals surface area contributed by atoms with Crippen molar-refractivity contribution >= 4 is 5.91 Å². The van der Waals surface area contributed by atoms with Crippen LogP contribution in [0.1, 0.15) is 33.1 Å². The lowest BCUT2D eigenvalue weighted by atomic mass is 10.0. The molecule has 3 unspecified atom stereocenters. The fourth-order valence-electron chi connectivity index (χ4n) is 2.00. The van der Waals surface area contributed by atoms with Crippen LogP contribution in [-0.2, 0) is 9.53 Å². The van der Waals surface area contributed by atoms with Gasteiger partial charge in [-0.1, -0.05) is 6.42 Å². The van der Waals surface area contributed by atoms with Gasteiger partial charge in [0.15, 0.2) is 0 Å². The van der Waals surface area contributed by atoms with Crippen LogP contribution in [0.5, 0.6) is 0 Å². The summed E-state index contributed by atoms with van der Waals surface area (Å²) >= 11 is 0. The second kappa shape index (κ2) is 6.08. The molecule has 0 heterocycles. The zero-order valence-corrected chi connectivity index (χ0v) is 9.66. The van der Waals surface area contributed by atoms with Crippen molar-refractivity contribution in [3.8, 4) is 0 Å². The van der Waals surface area contributed by atoms with Crippen LogP contribution in [-0.4, -0.2) is 31.2 Å². The molecule has 1 aliphatic rings. The molecule has 1 fully saturated rings. The second-order valence-corrected chi connectivity index (χ2v) is 4.27. The van der Waals surface area contributed by atoms with E-state index in [-0.39, 0.29) is 23.9 Å². The zero-order valence-electron chi connectivity index (χ0n) is 9.66. The lowest BCUT2D eigenvalue weighted by Crippen LogP contribution is -2.43. The summed E-state index contributed by atoms with van der Waals surface area (Å²) in [5, 5.41) is 2.94. The van der Waals surface area contributed by atoms with Crippen molar-refractivity contribution in [2.24, 2.45) is 11.7 Å². The molecule has 4 nitrogen and oxygen atoms in total. The molecule has 88 valence electrons. The SMILES string of the molecule is CCOCC(C)NC(=O)C1CCCC1N. The Bertz CT molecular complexity index is 209. The highest BCUT2D eigenvalue weighted by Crippen LogP contribution is 2.23. The van der Waals surface area contributed by atoms with E-state index in [0.717, 1.165) is 19.3 Å². The van der Waals surface area contributed by atoms with Gasteiger partial charge >= 0.3 is 0 Å². The predicted molar refractivity (Wildman–Crippen MR) is 59.4 cm³/mol. The van der Waals surface area contributed by atoms with Gasteiger partial charge in [0.05, 0.1) is 12.5 Å². The van der Waals surface area contributed by atoms with Crippen molar-refractivity contribution < 1.29 is 9.53 Å². The molecule has 0 spiro atoms. The molecule has 0 aromatic rings. The van der Waals surface area contributed by atoms with E-state index in [9.17, 15) is 4.79 Å². The maximum absolute atomic E-state index is 11.8. The second-order valence-electron chi connectivity index (χ2n) is 4.27. The van der Waals surface area contributed by atoms with Crippen LogP contribution in [0.4, 0.5) is 0 Å². The molecule has 4 heteroatoms. The lowest BCUT2D eigenvalue weighted by Gasteiger charge is -2.19. The summed E-state index contributed by atoms with van der Waals surface area (Å²) in [6.07, 6.45) is 2.96. The largest absolute Gasteiger partial charge is 0.380 e. The average Bonchev–Trinajstić information content (AvgIpc) is 2.61. The number of carbonyl (C=O) groups excluding carboxylic acids is 1. The van der Waals surface area contributed by atoms with Crippen LogP contribution in [0.3, 0.4) is 0 Å². The maximum Gasteiger partial charge on any atom is 0.224 e. The Labute approximate surface area is 91.5 Å². The van der Waals surface area contributed by atoms with Crippen molar-refractivity contribution in [2.75, 3.05) is 13.2 Å². The number of carbonyl (C=O) groups is 1. The normalized spacial score (nSPS) is 27.7. The Kier molecular flexibility index (Phi) is 5.05. The zero-order chi connectivity index (χ0) is 11.3. The Morgan fingerprint density at radius 3 is 2.87 bits per heavy atom. The highest BCUT2D eigenvalue weighted by molar-refractivity contribution is 5.79. The molecule has 0 bridgehead atoms. The Balaban J connectivity index is 2.28. The number of ether oxygens (including phenoxy) is 1. The molecule has 3 atom stereocenters. The van der Waals surface area contributed by atoms with E-state index in [4.69, 9.17) is 10.5 Å². The molecule has 3 N–H and O–H groups in total. The minimum absolute atomic E-state index is 0.00840. The number of amides is 1. The molecule has 0 aliphatic heterocycles. The summed E-state index contributed by atoms with van der Waals surface area (Å²) in [4.78, 5) is 11.8. The summed E-state index contributed by atoms with van der Waals surface area (Å²) in [7, 11) is 0. The number of hydrogen-bond acceptors (Lipinski definition) is 3. The fourth-order valence-corrected chi connectivity index (χ4v) is 2.00. The molecule has 1 aliphatic carbocycles. The molecule has 0 aromatic heterocycles. The molecular weight excluding hydrogens is 192 g/mol. The molecule has 1 saturated carbocycles. The summed E-state index contributed by atoms with van der Waals surface area (Å²) in [6, 6.07) is 0.120. The monoisotopic (exact) mass is 214 g/mol. The van der Waals surface area contributed by atoms with Gasteiger partial charge in [0.25, 0.3) is 0 Å². The Morgan fingerprint density at radius 2 is 2.33 bits per heavy atom. The molecule has 0 saturated heterocycles. The first-order chi connectivity index (χ1) is 7.15. The topological polar surface area (TPSA) is 64.3 Å². The Morgan fingerprint density at radius 1 is 1.60 bits per heavy atom. The Hall–Kier alpha value is -0.610. The minimum atomic E-state index is 0.00840. The third-order valence-electron chi connectivity index (χ3n) is 2.87. The summed E-state index contributed by atoms with van der Waals surface area (Å²) in [5.41, 5.74) is 5.86. The van der Waals surface area contributed by atoms with E-state index in [1.54, 1.807) is 0 Å². The predicted octanol–water partition coefficient (Wildman–Crippen LogP) is 0.655. The maximum atomic E-state index is 11.8. The highest BCUT2D eigenvalue weighted by Gasteiger charge is 2.30. The average molecular weight is 214 g/mol. The van der Waals surface area contributed by atoms with E-state index >= 15 is 0 Å². The van der Waals surface area contributed by atoms with Gasteiger partial charge in [-0.3, -0.25) is 4.79 Å². The fraction of sp³-hybridized carbons (Fsp3) is 0.909. The van der Waals surface area contributed by atoms with Crippen molar-refractivity contribution in [1.82, 2.24) is 5.32 Å². The molecular formula is C11H22N2O2. The van der Waals surface area contributed by atoms with E-state index < -0.39 is 0 Å². The quantitative estimate of drug-likeness (QED) is 0.706. The van der Waals surface area contributed by atoms with Gasteiger partial charge in [-0.05, 0) is 26.7 Å². The molecule has 1 rings (SSSR count). The van der Waals surface area contributed by atoms with Gasteiger partial charge in [0.1, 0.15) is 0 Å². The first kappa shape index (κ1) is 12.5. The highest BCUT2D eigenvalue weighted by atomic mass is 16.5. The first-order valence-corrected chi connectivity index (χ1v) is 5.78. The molecule has 0 aromatic carbocycles. The van der Waals surface area contributed by atoms with Crippen molar-refractivity contribution in [1.29, 1.82) is 0 Å². The smallest absolute Gasteiger partial charge is 0.224 e. The number of nitrogens with one attached hydrogen (secondary N) is 1. The number of nitrogens with two attached hydrogens (primary N) is 1. The lowest BCUT2D eigenvalue weighted by molar-refractivity contribution is -0.126. The van der Waals surface area contributed by atoms with Crippen molar-refractivity contribution in [3.63, 3.8) is 0 Å². The van der Waals surface area contributed by atoms with Crippen LogP contribution in [0.2, 0.25) is 0 Å². The van der Waals surface area contributed by atoms with E-state index in [1.807, 2.05) is 13.8 Å². The van der Waals surface area contributed by atoms with E-state index in [2.05, 4.69) is 5.32 Å². The van der Waals surface area contributed by atoms with Gasteiger partial charge in [0.2, 0.25) is 5.91 Å². The van der Waals surface area contributed by atoms with Gasteiger partial charge in [-0.2, -0.15) is 0 Å². The standard InChI is InChI=1S/C11H22N2O2/c1-3-15-7-8(2)13-11(14)9-5-4-6-10(9)12/h8-10H,3-7,12H2,1-2H3,(H,13,14). The van der Waals surface area contributed by atoms with Crippen molar-refractivity contribution in [2.45, 2.75) is 45.2 Å². The summed E-state index contributed by atoms with van der Waals surface area (Å²) in [5.74, 6) is 0.0984. The van der Waals surface area contributed by atoms with Gasteiger partial charge in [0, 0.05) is 18.7 Å². The number of rotatable bonds is 5. The van der Waals surface area contributed by atoms with Gasteiger partial charge in [-0.25, -0.2) is 0 Å².